The van der Waals surface area contributed by atoms with Crippen molar-refractivity contribution < 1.29 is 14.6 Å². The van der Waals surface area contributed by atoms with Crippen LogP contribution in [0.4, 0.5) is 0 Å². The quantitative estimate of drug-likeness (QED) is 0.748. The maximum absolute atomic E-state index is 8.80. The van der Waals surface area contributed by atoms with Crippen molar-refractivity contribution in [3.8, 4) is 0 Å². The van der Waals surface area contributed by atoms with Crippen molar-refractivity contribution in [2.75, 3.05) is 40.0 Å². The fourth-order valence-electron chi connectivity index (χ4n) is 3.30. The van der Waals surface area contributed by atoms with Crippen LogP contribution in [0.25, 0.3) is 0 Å². The number of aliphatic hydroxyl groups is 1. The Hall–Kier alpha value is -0.160. The minimum absolute atomic E-state index is 0.0977. The molecule has 1 spiro atoms. The van der Waals surface area contributed by atoms with Gasteiger partial charge in [0.15, 0.2) is 0 Å². The van der Waals surface area contributed by atoms with Crippen LogP contribution in [-0.2, 0) is 9.47 Å². The van der Waals surface area contributed by atoms with Crippen LogP contribution in [0, 0.1) is 0 Å². The summed E-state index contributed by atoms with van der Waals surface area (Å²) in [6.45, 7) is 4.06. The number of nitrogens with zero attached hydrogens (tertiary/aromatic N) is 1. The lowest BCUT2D eigenvalue weighted by Gasteiger charge is -2.45. The molecule has 0 aromatic carbocycles. The van der Waals surface area contributed by atoms with Crippen LogP contribution in [0.2, 0.25) is 0 Å². The lowest BCUT2D eigenvalue weighted by Crippen LogP contribution is -2.50. The van der Waals surface area contributed by atoms with Crippen molar-refractivity contribution in [3.05, 3.63) is 0 Å². The van der Waals surface area contributed by atoms with Crippen molar-refractivity contribution in [1.29, 1.82) is 0 Å². The van der Waals surface area contributed by atoms with Crippen molar-refractivity contribution >= 4 is 0 Å². The summed E-state index contributed by atoms with van der Waals surface area (Å²) in [6, 6.07) is 0.654. The Kier molecular flexibility index (Phi) is 6.07. The molecule has 2 saturated heterocycles. The summed E-state index contributed by atoms with van der Waals surface area (Å²) >= 11 is 0. The van der Waals surface area contributed by atoms with Gasteiger partial charge in [0, 0.05) is 32.5 Å². The van der Waals surface area contributed by atoms with Gasteiger partial charge in [-0.3, -0.25) is 0 Å². The zero-order valence-electron chi connectivity index (χ0n) is 12.3. The second-order valence-electron chi connectivity index (χ2n) is 6.06. The molecule has 112 valence electrons. The molecule has 0 aromatic rings. The summed E-state index contributed by atoms with van der Waals surface area (Å²) in [4.78, 5) is 2.50. The number of hydrogen-bond acceptors (Lipinski definition) is 4. The van der Waals surface area contributed by atoms with E-state index in [1.165, 1.54) is 6.42 Å². The van der Waals surface area contributed by atoms with Gasteiger partial charge in [-0.15, -0.1) is 0 Å². The summed E-state index contributed by atoms with van der Waals surface area (Å²) in [5, 5.41) is 8.80. The van der Waals surface area contributed by atoms with E-state index in [4.69, 9.17) is 14.6 Å². The topological polar surface area (TPSA) is 41.9 Å². The van der Waals surface area contributed by atoms with Gasteiger partial charge in [-0.25, -0.2) is 0 Å². The number of unbranched alkanes of at least 4 members (excludes halogenated alkanes) is 2. The SMILES string of the molecule is CN(CCCCCO)C1CCOC2(CCOCC2)C1. The third kappa shape index (κ3) is 4.42. The largest absolute Gasteiger partial charge is 0.396 e. The Bertz CT molecular complexity index is 248. The molecular formula is C15H29NO3. The van der Waals surface area contributed by atoms with Crippen LogP contribution < -0.4 is 0 Å². The molecule has 4 heteroatoms. The Labute approximate surface area is 117 Å². The molecular weight excluding hydrogens is 242 g/mol. The third-order valence-electron chi connectivity index (χ3n) is 4.66. The first-order chi connectivity index (χ1) is 9.26. The van der Waals surface area contributed by atoms with Crippen molar-refractivity contribution in [2.45, 2.75) is 56.6 Å². The summed E-state index contributed by atoms with van der Waals surface area (Å²) in [5.74, 6) is 0. The smallest absolute Gasteiger partial charge is 0.0741 e. The minimum Gasteiger partial charge on any atom is -0.396 e. The molecule has 0 radical (unpaired) electrons. The molecule has 2 fully saturated rings. The van der Waals surface area contributed by atoms with Gasteiger partial charge < -0.3 is 19.5 Å². The van der Waals surface area contributed by atoms with Gasteiger partial charge >= 0.3 is 0 Å². The maximum Gasteiger partial charge on any atom is 0.0741 e. The van der Waals surface area contributed by atoms with Gasteiger partial charge in [-0.05, 0) is 58.5 Å². The molecule has 0 amide bonds. The first-order valence-electron chi connectivity index (χ1n) is 7.79. The lowest BCUT2D eigenvalue weighted by atomic mass is 9.83. The Morgan fingerprint density at radius 2 is 1.95 bits per heavy atom. The first kappa shape index (κ1) is 15.2. The van der Waals surface area contributed by atoms with Gasteiger partial charge in [0.25, 0.3) is 0 Å². The van der Waals surface area contributed by atoms with E-state index in [1.807, 2.05) is 0 Å². The maximum atomic E-state index is 8.80. The fraction of sp³-hybridized carbons (Fsp3) is 1.00. The lowest BCUT2D eigenvalue weighted by molar-refractivity contribution is -0.149. The molecule has 2 heterocycles. The molecule has 4 nitrogen and oxygen atoms in total. The normalized spacial score (nSPS) is 27.0. The molecule has 1 atom stereocenters. The monoisotopic (exact) mass is 271 g/mol. The van der Waals surface area contributed by atoms with E-state index in [1.54, 1.807) is 0 Å². The summed E-state index contributed by atoms with van der Waals surface area (Å²) in [6.07, 6.45) is 7.67. The zero-order chi connectivity index (χ0) is 13.6. The van der Waals surface area contributed by atoms with Gasteiger partial charge in [0.1, 0.15) is 0 Å². The Morgan fingerprint density at radius 1 is 1.16 bits per heavy atom. The van der Waals surface area contributed by atoms with Gasteiger partial charge in [-0.1, -0.05) is 0 Å². The van der Waals surface area contributed by atoms with Gasteiger partial charge in [-0.2, -0.15) is 0 Å². The predicted molar refractivity (Wildman–Crippen MR) is 75.3 cm³/mol. The van der Waals surface area contributed by atoms with Crippen LogP contribution in [0.1, 0.15) is 44.9 Å². The molecule has 19 heavy (non-hydrogen) atoms. The summed E-state index contributed by atoms with van der Waals surface area (Å²) in [5.41, 5.74) is 0.0977. The molecule has 1 unspecified atom stereocenters. The first-order valence-corrected chi connectivity index (χ1v) is 7.79. The highest BCUT2D eigenvalue weighted by Gasteiger charge is 2.39. The Balaban J connectivity index is 1.76. The average molecular weight is 271 g/mol. The van der Waals surface area contributed by atoms with E-state index >= 15 is 0 Å². The van der Waals surface area contributed by atoms with Crippen LogP contribution in [0.3, 0.4) is 0 Å². The average Bonchev–Trinajstić information content (AvgIpc) is 2.44. The summed E-state index contributed by atoms with van der Waals surface area (Å²) in [7, 11) is 2.24. The van der Waals surface area contributed by atoms with Crippen LogP contribution in [-0.4, -0.2) is 61.7 Å². The van der Waals surface area contributed by atoms with E-state index < -0.39 is 0 Å². The van der Waals surface area contributed by atoms with E-state index in [-0.39, 0.29) is 5.60 Å². The highest BCUT2D eigenvalue weighted by atomic mass is 16.5. The molecule has 0 aromatic heterocycles. The second kappa shape index (κ2) is 7.58. The van der Waals surface area contributed by atoms with Crippen LogP contribution in [0.5, 0.6) is 0 Å². The molecule has 2 aliphatic rings. The van der Waals surface area contributed by atoms with Crippen LogP contribution in [0.15, 0.2) is 0 Å². The molecule has 0 bridgehead atoms. The molecule has 0 saturated carbocycles. The second-order valence-corrected chi connectivity index (χ2v) is 6.06. The van der Waals surface area contributed by atoms with E-state index in [2.05, 4.69) is 11.9 Å². The number of ether oxygens (including phenoxy) is 2. The molecule has 2 aliphatic heterocycles. The number of hydrogen-bond donors (Lipinski definition) is 1. The van der Waals surface area contributed by atoms with Crippen LogP contribution >= 0.6 is 0 Å². The summed E-state index contributed by atoms with van der Waals surface area (Å²) < 4.78 is 11.6. The van der Waals surface area contributed by atoms with Crippen molar-refractivity contribution in [1.82, 2.24) is 4.90 Å². The van der Waals surface area contributed by atoms with Crippen molar-refractivity contribution in [2.24, 2.45) is 0 Å². The fourth-order valence-corrected chi connectivity index (χ4v) is 3.30. The van der Waals surface area contributed by atoms with Gasteiger partial charge in [0.05, 0.1) is 5.60 Å². The predicted octanol–water partition coefficient (Wildman–Crippen LogP) is 1.81. The Morgan fingerprint density at radius 3 is 2.68 bits per heavy atom. The van der Waals surface area contributed by atoms with Crippen molar-refractivity contribution in [3.63, 3.8) is 0 Å². The molecule has 2 rings (SSSR count). The zero-order valence-corrected chi connectivity index (χ0v) is 12.3. The molecule has 0 aliphatic carbocycles. The third-order valence-corrected chi connectivity index (χ3v) is 4.66. The molecule has 1 N–H and O–H groups in total. The van der Waals surface area contributed by atoms with E-state index in [0.717, 1.165) is 64.9 Å². The number of rotatable bonds is 6. The van der Waals surface area contributed by atoms with E-state index in [9.17, 15) is 0 Å². The standard InChI is InChI=1S/C15H29NO3/c1-16(8-3-2-4-9-17)14-5-10-19-15(13-14)6-11-18-12-7-15/h14,17H,2-13H2,1H3. The van der Waals surface area contributed by atoms with Gasteiger partial charge in [0.2, 0.25) is 0 Å². The van der Waals surface area contributed by atoms with E-state index in [0.29, 0.717) is 12.6 Å². The minimum atomic E-state index is 0.0977. The highest BCUT2D eigenvalue weighted by molar-refractivity contribution is 4.91. The number of aliphatic hydroxyl groups excluding tert-OH is 1. The highest BCUT2D eigenvalue weighted by Crippen LogP contribution is 2.35.